The van der Waals surface area contributed by atoms with Crippen molar-refractivity contribution >= 4 is 6.09 Å². The largest absolute Gasteiger partial charge is 0.465 e. The van der Waals surface area contributed by atoms with Crippen molar-refractivity contribution in [3.63, 3.8) is 0 Å². The summed E-state index contributed by atoms with van der Waals surface area (Å²) in [5.41, 5.74) is 6.98. The van der Waals surface area contributed by atoms with Gasteiger partial charge in [-0.05, 0) is 30.5 Å². The van der Waals surface area contributed by atoms with Crippen LogP contribution in [0.25, 0.3) is 0 Å². The highest BCUT2D eigenvalue weighted by Crippen LogP contribution is 2.34. The number of pyridine rings is 1. The SMILES string of the molecule is NCC1(c2ccncc2)CCN(C(=O)O)CC1. The number of hydrogen-bond donors (Lipinski definition) is 2. The third kappa shape index (κ3) is 2.24. The fraction of sp³-hybridized carbons (Fsp3) is 0.500. The summed E-state index contributed by atoms with van der Waals surface area (Å²) in [6.07, 6.45) is 4.23. The molecule has 0 unspecified atom stereocenters. The van der Waals surface area contributed by atoms with Crippen LogP contribution in [0.15, 0.2) is 24.5 Å². The molecule has 0 atom stereocenters. The highest BCUT2D eigenvalue weighted by atomic mass is 16.4. The Labute approximate surface area is 100 Å². The van der Waals surface area contributed by atoms with E-state index in [1.807, 2.05) is 12.1 Å². The first-order chi connectivity index (χ1) is 8.18. The number of carboxylic acid groups (broad SMARTS) is 1. The van der Waals surface area contributed by atoms with Gasteiger partial charge in [-0.1, -0.05) is 0 Å². The second-order valence-corrected chi connectivity index (χ2v) is 4.49. The highest BCUT2D eigenvalue weighted by Gasteiger charge is 2.36. The van der Waals surface area contributed by atoms with Gasteiger partial charge in [-0.3, -0.25) is 4.98 Å². The Morgan fingerprint density at radius 3 is 2.47 bits per heavy atom. The van der Waals surface area contributed by atoms with Gasteiger partial charge in [0.15, 0.2) is 0 Å². The van der Waals surface area contributed by atoms with Gasteiger partial charge in [-0.25, -0.2) is 4.79 Å². The monoisotopic (exact) mass is 235 g/mol. The van der Waals surface area contributed by atoms with E-state index in [9.17, 15) is 4.79 Å². The standard InChI is InChI=1S/C12H17N3O2/c13-9-12(10-1-5-14-6-2-10)3-7-15(8-4-12)11(16)17/h1-2,5-6H,3-4,7-9,13H2,(H,16,17). The molecule has 2 rings (SSSR count). The molecule has 0 radical (unpaired) electrons. The lowest BCUT2D eigenvalue weighted by Crippen LogP contribution is -2.48. The summed E-state index contributed by atoms with van der Waals surface area (Å²) >= 11 is 0. The van der Waals surface area contributed by atoms with Gasteiger partial charge in [0.25, 0.3) is 0 Å². The van der Waals surface area contributed by atoms with Crippen molar-refractivity contribution in [1.29, 1.82) is 0 Å². The Balaban J connectivity index is 2.16. The lowest BCUT2D eigenvalue weighted by atomic mass is 9.73. The summed E-state index contributed by atoms with van der Waals surface area (Å²) < 4.78 is 0. The quantitative estimate of drug-likeness (QED) is 0.803. The van der Waals surface area contributed by atoms with Gasteiger partial charge < -0.3 is 15.7 Å². The minimum absolute atomic E-state index is 0.0884. The average molecular weight is 235 g/mol. The fourth-order valence-electron chi connectivity index (χ4n) is 2.44. The van der Waals surface area contributed by atoms with Crippen molar-refractivity contribution in [1.82, 2.24) is 9.88 Å². The van der Waals surface area contributed by atoms with E-state index in [1.54, 1.807) is 12.4 Å². The van der Waals surface area contributed by atoms with E-state index >= 15 is 0 Å². The van der Waals surface area contributed by atoms with Crippen LogP contribution in [-0.2, 0) is 5.41 Å². The van der Waals surface area contributed by atoms with Gasteiger partial charge in [0.05, 0.1) is 0 Å². The number of piperidine rings is 1. The molecule has 3 N–H and O–H groups in total. The van der Waals surface area contributed by atoms with Crippen LogP contribution >= 0.6 is 0 Å². The van der Waals surface area contributed by atoms with Gasteiger partial charge in [-0.2, -0.15) is 0 Å². The molecule has 1 aliphatic rings. The molecule has 0 aliphatic carbocycles. The Morgan fingerprint density at radius 2 is 2.00 bits per heavy atom. The molecule has 0 spiro atoms. The Bertz CT molecular complexity index is 386. The lowest BCUT2D eigenvalue weighted by molar-refractivity contribution is 0.117. The molecule has 5 nitrogen and oxygen atoms in total. The van der Waals surface area contributed by atoms with Crippen LogP contribution in [0.2, 0.25) is 0 Å². The first kappa shape index (κ1) is 11.9. The van der Waals surface area contributed by atoms with Crippen molar-refractivity contribution in [2.24, 2.45) is 5.73 Å². The van der Waals surface area contributed by atoms with E-state index in [1.165, 1.54) is 10.5 Å². The zero-order valence-corrected chi connectivity index (χ0v) is 9.67. The zero-order chi connectivity index (χ0) is 12.3. The summed E-state index contributed by atoms with van der Waals surface area (Å²) in [7, 11) is 0. The minimum atomic E-state index is -0.842. The van der Waals surface area contributed by atoms with E-state index < -0.39 is 6.09 Å². The van der Waals surface area contributed by atoms with Crippen LogP contribution < -0.4 is 5.73 Å². The normalized spacial score (nSPS) is 19.0. The minimum Gasteiger partial charge on any atom is -0.465 e. The molecule has 0 aromatic carbocycles. The lowest BCUT2D eigenvalue weighted by Gasteiger charge is -2.40. The van der Waals surface area contributed by atoms with Gasteiger partial charge in [-0.15, -0.1) is 0 Å². The van der Waals surface area contributed by atoms with Crippen LogP contribution in [0, 0.1) is 0 Å². The number of aromatic nitrogens is 1. The number of nitrogens with two attached hydrogens (primary N) is 1. The van der Waals surface area contributed by atoms with Crippen LogP contribution in [0.1, 0.15) is 18.4 Å². The first-order valence-electron chi connectivity index (χ1n) is 5.76. The maximum atomic E-state index is 10.9. The van der Waals surface area contributed by atoms with E-state index in [0.29, 0.717) is 19.6 Å². The van der Waals surface area contributed by atoms with Crippen LogP contribution in [-0.4, -0.2) is 40.7 Å². The van der Waals surface area contributed by atoms with E-state index in [4.69, 9.17) is 10.8 Å². The average Bonchev–Trinajstić information content (AvgIpc) is 2.40. The van der Waals surface area contributed by atoms with Gasteiger partial charge >= 0.3 is 6.09 Å². The van der Waals surface area contributed by atoms with E-state index in [-0.39, 0.29) is 5.41 Å². The molecule has 0 saturated carbocycles. The summed E-state index contributed by atoms with van der Waals surface area (Å²) in [5.74, 6) is 0. The third-order valence-corrected chi connectivity index (χ3v) is 3.67. The summed E-state index contributed by atoms with van der Waals surface area (Å²) in [5, 5.41) is 8.94. The molecular formula is C12H17N3O2. The Hall–Kier alpha value is -1.62. The van der Waals surface area contributed by atoms with Gasteiger partial charge in [0.2, 0.25) is 0 Å². The fourth-order valence-corrected chi connectivity index (χ4v) is 2.44. The Morgan fingerprint density at radius 1 is 1.41 bits per heavy atom. The molecule has 1 aromatic rings. The van der Waals surface area contributed by atoms with Gasteiger partial charge in [0, 0.05) is 37.4 Å². The van der Waals surface area contributed by atoms with Crippen molar-refractivity contribution < 1.29 is 9.90 Å². The number of rotatable bonds is 2. The maximum Gasteiger partial charge on any atom is 0.407 e. The third-order valence-electron chi connectivity index (χ3n) is 3.67. The molecule has 1 amide bonds. The zero-order valence-electron chi connectivity index (χ0n) is 9.67. The number of likely N-dealkylation sites (tertiary alicyclic amines) is 1. The molecule has 5 heteroatoms. The molecule has 0 bridgehead atoms. The second-order valence-electron chi connectivity index (χ2n) is 4.49. The second kappa shape index (κ2) is 4.71. The number of amides is 1. The number of nitrogens with zero attached hydrogens (tertiary/aromatic N) is 2. The smallest absolute Gasteiger partial charge is 0.407 e. The predicted octanol–water partition coefficient (Wildman–Crippen LogP) is 1.05. The summed E-state index contributed by atoms with van der Waals surface area (Å²) in [6.45, 7) is 1.65. The maximum absolute atomic E-state index is 10.9. The van der Waals surface area contributed by atoms with Crippen molar-refractivity contribution in [2.75, 3.05) is 19.6 Å². The molecular weight excluding hydrogens is 218 g/mol. The number of carbonyl (C=O) groups is 1. The summed E-state index contributed by atoms with van der Waals surface area (Å²) in [6, 6.07) is 3.95. The molecule has 1 fully saturated rings. The molecule has 2 heterocycles. The van der Waals surface area contributed by atoms with Crippen molar-refractivity contribution in [2.45, 2.75) is 18.3 Å². The van der Waals surface area contributed by atoms with Crippen molar-refractivity contribution in [3.8, 4) is 0 Å². The molecule has 17 heavy (non-hydrogen) atoms. The molecule has 1 saturated heterocycles. The molecule has 92 valence electrons. The predicted molar refractivity (Wildman–Crippen MR) is 63.8 cm³/mol. The first-order valence-corrected chi connectivity index (χ1v) is 5.76. The van der Waals surface area contributed by atoms with E-state index in [2.05, 4.69) is 4.98 Å². The molecule has 1 aromatic heterocycles. The Kier molecular flexibility index (Phi) is 3.28. The molecule has 1 aliphatic heterocycles. The highest BCUT2D eigenvalue weighted by molar-refractivity contribution is 5.65. The topological polar surface area (TPSA) is 79.5 Å². The van der Waals surface area contributed by atoms with Crippen LogP contribution in [0.5, 0.6) is 0 Å². The summed E-state index contributed by atoms with van der Waals surface area (Å²) in [4.78, 5) is 16.3. The van der Waals surface area contributed by atoms with Crippen LogP contribution in [0.3, 0.4) is 0 Å². The van der Waals surface area contributed by atoms with Gasteiger partial charge in [0.1, 0.15) is 0 Å². The number of hydrogen-bond acceptors (Lipinski definition) is 3. The van der Waals surface area contributed by atoms with Crippen LogP contribution in [0.4, 0.5) is 4.79 Å². The van der Waals surface area contributed by atoms with Crippen molar-refractivity contribution in [3.05, 3.63) is 30.1 Å². The van der Waals surface area contributed by atoms with E-state index in [0.717, 1.165) is 12.8 Å².